The molecule has 0 radical (unpaired) electrons. The fourth-order valence-electron chi connectivity index (χ4n) is 9.19. The van der Waals surface area contributed by atoms with Crippen molar-refractivity contribution in [2.75, 3.05) is 0 Å². The zero-order valence-electron chi connectivity index (χ0n) is 29.3. The molecule has 7 aromatic carbocycles. The van der Waals surface area contributed by atoms with Crippen LogP contribution < -0.4 is 4.74 Å². The van der Waals surface area contributed by atoms with E-state index >= 15 is 0 Å². The Morgan fingerprint density at radius 2 is 0.830 bits per heavy atom. The van der Waals surface area contributed by atoms with E-state index in [1.165, 1.54) is 44.5 Å². The molecule has 11 rings (SSSR count). The molecule has 250 valence electrons. The summed E-state index contributed by atoms with van der Waals surface area (Å²) >= 11 is 0. The Morgan fingerprint density at radius 3 is 1.51 bits per heavy atom. The predicted octanol–water partition coefficient (Wildman–Crippen LogP) is 11.6. The highest BCUT2D eigenvalue weighted by Gasteiger charge is 2.51. The fourth-order valence-corrected chi connectivity index (χ4v) is 9.19. The second-order valence-electron chi connectivity index (χ2n) is 14.8. The maximum absolute atomic E-state index is 6.82. The van der Waals surface area contributed by atoms with Crippen molar-refractivity contribution >= 4 is 0 Å². The lowest BCUT2D eigenvalue weighted by Gasteiger charge is -2.39. The number of benzene rings is 7. The van der Waals surface area contributed by atoms with Gasteiger partial charge in [-0.05, 0) is 62.7 Å². The minimum Gasteiger partial charge on any atom is -0.457 e. The number of ether oxygens (including phenoxy) is 1. The van der Waals surface area contributed by atoms with Crippen molar-refractivity contribution in [3.05, 3.63) is 197 Å². The summed E-state index contributed by atoms with van der Waals surface area (Å²) in [4.78, 5) is 15.4. The summed E-state index contributed by atoms with van der Waals surface area (Å²) in [5, 5.41) is 0. The lowest BCUT2D eigenvalue weighted by Crippen LogP contribution is -2.32. The molecule has 3 aliphatic rings. The third-order valence-corrected chi connectivity index (χ3v) is 11.6. The highest BCUT2D eigenvalue weighted by molar-refractivity contribution is 5.89. The van der Waals surface area contributed by atoms with Crippen molar-refractivity contribution in [2.45, 2.75) is 24.7 Å². The van der Waals surface area contributed by atoms with Crippen LogP contribution in [0.15, 0.2) is 164 Å². The van der Waals surface area contributed by atoms with E-state index in [0.717, 1.165) is 39.3 Å². The van der Waals surface area contributed by atoms with Gasteiger partial charge in [0.1, 0.15) is 11.5 Å². The molecular weight excluding hydrogens is 647 g/mol. The first-order valence-corrected chi connectivity index (χ1v) is 18.2. The second kappa shape index (κ2) is 10.9. The fraction of sp³-hybridized carbons (Fsp3) is 0.0816. The van der Waals surface area contributed by atoms with E-state index in [0.29, 0.717) is 17.5 Å². The number of nitrogens with zero attached hydrogens (tertiary/aromatic N) is 3. The Morgan fingerprint density at radius 1 is 0.358 bits per heavy atom. The van der Waals surface area contributed by atoms with Gasteiger partial charge in [0, 0.05) is 33.2 Å². The summed E-state index contributed by atoms with van der Waals surface area (Å²) < 4.78 is 6.82. The quantitative estimate of drug-likeness (QED) is 0.186. The molecule has 0 N–H and O–H groups in total. The lowest BCUT2D eigenvalue weighted by molar-refractivity contribution is 0.436. The van der Waals surface area contributed by atoms with E-state index in [4.69, 9.17) is 19.7 Å². The number of rotatable bonds is 3. The van der Waals surface area contributed by atoms with Crippen LogP contribution >= 0.6 is 0 Å². The Kier molecular flexibility index (Phi) is 6.19. The molecular formula is C49H33N3O. The standard InChI is InChI=1S/C49H33N3O/c1-48(2)37-19-9-6-16-33(37)36-26-24-31(28-42(36)48)46-50-45(30-14-4-3-5-15-30)51-47(52-46)32-25-27-41-44(29-32)53-43-23-13-12-22-40(43)49(41)38-20-10-7-17-34(38)35-18-8-11-21-39(35)49/h3-29H,1-2H3. The first-order valence-electron chi connectivity index (χ1n) is 18.2. The average molecular weight is 680 g/mol. The summed E-state index contributed by atoms with van der Waals surface area (Å²) in [6.45, 7) is 4.60. The molecule has 53 heavy (non-hydrogen) atoms. The van der Waals surface area contributed by atoms with Crippen LogP contribution in [0.5, 0.6) is 11.5 Å². The van der Waals surface area contributed by atoms with Gasteiger partial charge in [0.15, 0.2) is 17.5 Å². The first kappa shape index (κ1) is 30.0. The molecule has 0 saturated carbocycles. The van der Waals surface area contributed by atoms with E-state index in [1.54, 1.807) is 0 Å². The smallest absolute Gasteiger partial charge is 0.164 e. The lowest BCUT2D eigenvalue weighted by atomic mass is 9.66. The number of para-hydroxylation sites is 1. The van der Waals surface area contributed by atoms with E-state index in [1.807, 2.05) is 18.2 Å². The Hall–Kier alpha value is -6.65. The van der Waals surface area contributed by atoms with Gasteiger partial charge in [-0.1, -0.05) is 159 Å². The van der Waals surface area contributed by atoms with Crippen molar-refractivity contribution in [3.8, 4) is 67.9 Å². The molecule has 8 aromatic rings. The Labute approximate surface area is 308 Å². The van der Waals surface area contributed by atoms with E-state index < -0.39 is 5.41 Å². The van der Waals surface area contributed by atoms with E-state index in [9.17, 15) is 0 Å². The molecule has 1 aliphatic heterocycles. The van der Waals surface area contributed by atoms with Crippen molar-refractivity contribution in [1.82, 2.24) is 15.0 Å². The number of fused-ring (bicyclic) bond motifs is 12. The molecule has 4 nitrogen and oxygen atoms in total. The monoisotopic (exact) mass is 679 g/mol. The van der Waals surface area contributed by atoms with Crippen LogP contribution in [-0.2, 0) is 10.8 Å². The second-order valence-corrected chi connectivity index (χ2v) is 14.8. The third kappa shape index (κ3) is 4.15. The van der Waals surface area contributed by atoms with Crippen LogP contribution in [0.1, 0.15) is 47.2 Å². The first-order chi connectivity index (χ1) is 26.0. The van der Waals surface area contributed by atoms with Gasteiger partial charge in [0.2, 0.25) is 0 Å². The summed E-state index contributed by atoms with van der Waals surface area (Å²) in [7, 11) is 0. The van der Waals surface area contributed by atoms with Gasteiger partial charge in [-0.2, -0.15) is 0 Å². The molecule has 0 atom stereocenters. The van der Waals surface area contributed by atoms with Crippen LogP contribution in [0.2, 0.25) is 0 Å². The largest absolute Gasteiger partial charge is 0.457 e. The molecule has 0 unspecified atom stereocenters. The third-order valence-electron chi connectivity index (χ3n) is 11.6. The van der Waals surface area contributed by atoms with Gasteiger partial charge in [-0.15, -0.1) is 0 Å². The normalized spacial score (nSPS) is 14.7. The van der Waals surface area contributed by atoms with Crippen LogP contribution in [0, 0.1) is 0 Å². The van der Waals surface area contributed by atoms with Crippen molar-refractivity contribution in [1.29, 1.82) is 0 Å². The number of hydrogen-bond acceptors (Lipinski definition) is 4. The average Bonchev–Trinajstić information content (AvgIpc) is 3.63. The highest BCUT2D eigenvalue weighted by Crippen LogP contribution is 2.62. The molecule has 2 heterocycles. The SMILES string of the molecule is CC1(C)c2ccccc2-c2ccc(-c3nc(-c4ccccc4)nc(-c4ccc5c(c4)Oc4ccccc4C54c5ccccc5-c5ccccc54)n3)cc21. The Balaban J connectivity index is 1.11. The Bertz CT molecular complexity index is 2760. The predicted molar refractivity (Wildman–Crippen MR) is 211 cm³/mol. The summed E-state index contributed by atoms with van der Waals surface area (Å²) in [5.74, 6) is 3.53. The van der Waals surface area contributed by atoms with Crippen molar-refractivity contribution in [3.63, 3.8) is 0 Å². The summed E-state index contributed by atoms with van der Waals surface area (Å²) in [6, 6.07) is 58.1. The number of hydrogen-bond donors (Lipinski definition) is 0. The summed E-state index contributed by atoms with van der Waals surface area (Å²) in [5.41, 5.74) is 14.6. The van der Waals surface area contributed by atoms with Gasteiger partial charge < -0.3 is 4.74 Å². The molecule has 4 heteroatoms. The topological polar surface area (TPSA) is 47.9 Å². The minimum absolute atomic E-state index is 0.139. The van der Waals surface area contributed by atoms with Crippen molar-refractivity contribution < 1.29 is 4.74 Å². The maximum atomic E-state index is 6.82. The molecule has 2 aliphatic carbocycles. The van der Waals surface area contributed by atoms with E-state index in [2.05, 4.69) is 159 Å². The van der Waals surface area contributed by atoms with Crippen LogP contribution in [-0.4, -0.2) is 15.0 Å². The molecule has 0 fully saturated rings. The van der Waals surface area contributed by atoms with Gasteiger partial charge >= 0.3 is 0 Å². The van der Waals surface area contributed by atoms with E-state index in [-0.39, 0.29) is 5.41 Å². The molecule has 1 spiro atoms. The minimum atomic E-state index is -0.524. The molecule has 0 amide bonds. The van der Waals surface area contributed by atoms with Gasteiger partial charge in [-0.3, -0.25) is 0 Å². The zero-order chi connectivity index (χ0) is 35.3. The van der Waals surface area contributed by atoms with Gasteiger partial charge in [-0.25, -0.2) is 15.0 Å². The molecule has 0 saturated heterocycles. The summed E-state index contributed by atoms with van der Waals surface area (Å²) in [6.07, 6.45) is 0. The van der Waals surface area contributed by atoms with Crippen LogP contribution in [0.3, 0.4) is 0 Å². The zero-order valence-corrected chi connectivity index (χ0v) is 29.3. The van der Waals surface area contributed by atoms with Crippen molar-refractivity contribution in [2.24, 2.45) is 0 Å². The maximum Gasteiger partial charge on any atom is 0.164 e. The van der Waals surface area contributed by atoms with Crippen LogP contribution in [0.4, 0.5) is 0 Å². The number of aromatic nitrogens is 3. The molecule has 0 bridgehead atoms. The molecule has 1 aromatic heterocycles. The van der Waals surface area contributed by atoms with Crippen LogP contribution in [0.25, 0.3) is 56.4 Å². The van der Waals surface area contributed by atoms with Gasteiger partial charge in [0.05, 0.1) is 5.41 Å². The van der Waals surface area contributed by atoms with Gasteiger partial charge in [0.25, 0.3) is 0 Å². The highest BCUT2D eigenvalue weighted by atomic mass is 16.5.